The number of carboxylic acids is 1. The van der Waals surface area contributed by atoms with Gasteiger partial charge in [0.25, 0.3) is 0 Å². The van der Waals surface area contributed by atoms with E-state index in [1.807, 2.05) is 21.1 Å². The lowest BCUT2D eigenvalue weighted by atomic mass is 10.0. The molecule has 0 aromatic rings. The Kier molecular flexibility index (Phi) is 55.1. The van der Waals surface area contributed by atoms with E-state index in [9.17, 15) is 19.5 Å². The van der Waals surface area contributed by atoms with Gasteiger partial charge in [0.2, 0.25) is 0 Å². The fourth-order valence-corrected chi connectivity index (χ4v) is 7.95. The van der Waals surface area contributed by atoms with Gasteiger partial charge in [0.15, 0.2) is 12.4 Å². The highest BCUT2D eigenvalue weighted by atomic mass is 16.7. The van der Waals surface area contributed by atoms with Crippen LogP contribution in [0.2, 0.25) is 0 Å². The molecular weight excluding hydrogens is 971 g/mol. The minimum Gasteiger partial charge on any atom is -0.545 e. The Labute approximate surface area is 478 Å². The second-order valence-electron chi connectivity index (χ2n) is 21.3. The number of esters is 2. The highest BCUT2D eigenvalue weighted by Crippen LogP contribution is 2.15. The Morgan fingerprint density at radius 3 is 1.09 bits per heavy atom. The average molecular weight is 1080 g/mol. The van der Waals surface area contributed by atoms with Crippen molar-refractivity contribution >= 4 is 17.9 Å². The van der Waals surface area contributed by atoms with Crippen molar-refractivity contribution in [1.82, 2.24) is 0 Å². The summed E-state index contributed by atoms with van der Waals surface area (Å²) in [5.41, 5.74) is 0. The van der Waals surface area contributed by atoms with Crippen LogP contribution >= 0.6 is 0 Å². The molecule has 78 heavy (non-hydrogen) atoms. The Morgan fingerprint density at radius 2 is 0.731 bits per heavy atom. The maximum Gasteiger partial charge on any atom is 0.306 e. The van der Waals surface area contributed by atoms with E-state index in [2.05, 4.69) is 148 Å². The summed E-state index contributed by atoms with van der Waals surface area (Å²) in [5, 5.41) is 11.8. The van der Waals surface area contributed by atoms with Crippen LogP contribution in [0.15, 0.2) is 134 Å². The first-order valence-electron chi connectivity index (χ1n) is 30.8. The molecule has 9 nitrogen and oxygen atoms in total. The topological polar surface area (TPSA) is 111 Å². The zero-order valence-corrected chi connectivity index (χ0v) is 50.2. The second-order valence-corrected chi connectivity index (χ2v) is 21.3. The van der Waals surface area contributed by atoms with E-state index in [4.69, 9.17) is 18.9 Å². The van der Waals surface area contributed by atoms with E-state index in [0.29, 0.717) is 17.4 Å². The maximum absolute atomic E-state index is 12.9. The molecule has 0 radical (unpaired) electrons. The molecule has 0 spiro atoms. The number of hydrogen-bond donors (Lipinski definition) is 0. The minimum atomic E-state index is -1.63. The largest absolute Gasteiger partial charge is 0.545 e. The summed E-state index contributed by atoms with van der Waals surface area (Å²) in [6.45, 7) is 4.60. The van der Waals surface area contributed by atoms with Crippen LogP contribution in [0.25, 0.3) is 0 Å². The monoisotopic (exact) mass is 1080 g/mol. The van der Waals surface area contributed by atoms with Gasteiger partial charge in [-0.1, -0.05) is 250 Å². The number of likely N-dealkylation sites (N-methyl/N-ethyl adjacent to an activating group) is 1. The van der Waals surface area contributed by atoms with Crippen molar-refractivity contribution in [3.63, 3.8) is 0 Å². The van der Waals surface area contributed by atoms with Crippen LogP contribution in [0.4, 0.5) is 0 Å². The Hall–Kier alpha value is -4.57. The third kappa shape index (κ3) is 59.1. The molecule has 0 bridgehead atoms. The first-order valence-corrected chi connectivity index (χ1v) is 30.8. The molecule has 0 saturated heterocycles. The summed E-state index contributed by atoms with van der Waals surface area (Å²) in [7, 11) is 5.90. The van der Waals surface area contributed by atoms with Crippen LogP contribution in [0.5, 0.6) is 0 Å². The Bertz CT molecular complexity index is 1740. The quantitative estimate of drug-likeness (QED) is 0.0195. The zero-order chi connectivity index (χ0) is 56.9. The Balaban J connectivity index is 4.23. The molecule has 0 aliphatic rings. The summed E-state index contributed by atoms with van der Waals surface area (Å²) in [6, 6.07) is 0. The van der Waals surface area contributed by atoms with Gasteiger partial charge < -0.3 is 33.3 Å². The molecule has 0 amide bonds. The number of ether oxygens (including phenoxy) is 4. The van der Waals surface area contributed by atoms with Crippen molar-refractivity contribution < 1.29 is 42.9 Å². The molecule has 9 heteroatoms. The number of carbonyl (C=O) groups is 3. The first kappa shape index (κ1) is 73.4. The molecule has 442 valence electrons. The fourth-order valence-electron chi connectivity index (χ4n) is 7.95. The number of hydrogen-bond acceptors (Lipinski definition) is 8. The van der Waals surface area contributed by atoms with E-state index in [1.54, 1.807) is 0 Å². The lowest BCUT2D eigenvalue weighted by molar-refractivity contribution is -0.870. The highest BCUT2D eigenvalue weighted by molar-refractivity contribution is 5.70. The van der Waals surface area contributed by atoms with E-state index in [1.165, 1.54) is 70.6 Å². The number of aliphatic carboxylic acids is 1. The van der Waals surface area contributed by atoms with Crippen molar-refractivity contribution in [3.05, 3.63) is 134 Å². The predicted molar refractivity (Wildman–Crippen MR) is 329 cm³/mol. The number of quaternary nitrogens is 1. The molecule has 0 aromatic carbocycles. The summed E-state index contributed by atoms with van der Waals surface area (Å²) in [6.07, 6.45) is 80.8. The minimum absolute atomic E-state index is 0.138. The van der Waals surface area contributed by atoms with Gasteiger partial charge in [-0.2, -0.15) is 0 Å². The lowest BCUT2D eigenvalue weighted by Crippen LogP contribution is -2.44. The van der Waals surface area contributed by atoms with E-state index in [0.717, 1.165) is 122 Å². The van der Waals surface area contributed by atoms with Gasteiger partial charge in [0.1, 0.15) is 13.2 Å². The van der Waals surface area contributed by atoms with Crippen LogP contribution in [0.1, 0.15) is 226 Å². The van der Waals surface area contributed by atoms with Gasteiger partial charge in [0, 0.05) is 12.8 Å². The molecule has 0 saturated carbocycles. The maximum atomic E-state index is 12.9. The molecule has 0 rings (SSSR count). The third-order valence-electron chi connectivity index (χ3n) is 12.7. The zero-order valence-electron chi connectivity index (χ0n) is 50.2. The number of rotatable bonds is 55. The molecule has 0 N–H and O–H groups in total. The summed E-state index contributed by atoms with van der Waals surface area (Å²) < 4.78 is 22.7. The number of allylic oxidation sites excluding steroid dienone is 22. The molecule has 2 atom stereocenters. The van der Waals surface area contributed by atoms with Crippen LogP contribution in [0.3, 0.4) is 0 Å². The SMILES string of the molecule is CC/C=C\C/C=C\C/C=C\C/C=C\C/C=C\C/C=C\C/C=C\C/C=C\C/C=C\C/C=C\C/C=C\CCCCCCCC(=O)OC(COC(=O)CCCCCCCCCCCCCCCC)COC(OCC[N+](C)(C)C)C(=O)[O-]. The molecule has 2 unspecified atom stereocenters. The van der Waals surface area contributed by atoms with E-state index < -0.39 is 24.3 Å². The van der Waals surface area contributed by atoms with Gasteiger partial charge in [-0.05, 0) is 96.3 Å². The van der Waals surface area contributed by atoms with Gasteiger partial charge in [0.05, 0.1) is 40.3 Å². The van der Waals surface area contributed by atoms with Crippen LogP contribution in [-0.4, -0.2) is 82.3 Å². The van der Waals surface area contributed by atoms with Gasteiger partial charge in [-0.3, -0.25) is 9.59 Å². The summed E-state index contributed by atoms with van der Waals surface area (Å²) in [4.78, 5) is 37.2. The third-order valence-corrected chi connectivity index (χ3v) is 12.7. The van der Waals surface area contributed by atoms with Crippen molar-refractivity contribution in [1.29, 1.82) is 0 Å². The van der Waals surface area contributed by atoms with Crippen molar-refractivity contribution in [2.24, 2.45) is 0 Å². The highest BCUT2D eigenvalue weighted by Gasteiger charge is 2.22. The molecular formula is C69H113NO8. The van der Waals surface area contributed by atoms with Crippen molar-refractivity contribution in [2.45, 2.75) is 238 Å². The molecule has 0 aliphatic heterocycles. The van der Waals surface area contributed by atoms with E-state index >= 15 is 0 Å². The summed E-state index contributed by atoms with van der Waals surface area (Å²) in [5.74, 6) is -2.32. The fraction of sp³-hybridized carbons (Fsp3) is 0.638. The molecule has 0 aliphatic carbocycles. The standard InChI is InChI=1S/C69H113NO8/c1-6-8-10-12-14-16-18-20-22-23-24-25-26-27-28-29-30-31-32-33-34-35-36-37-38-39-40-41-42-43-44-45-46-48-50-52-54-56-58-60-67(72)78-65(64-77-69(68(73)74)75-62-61-70(3,4)5)63-76-66(71)59-57-55-53-51-49-47-21-19-17-15-13-11-9-7-2/h8,10,14,16,20,22,24-25,27-28,30-31,33-34,36-37,39-40,42-43,45-46,65,69H,6-7,9,11-13,15,17-19,21,23,26,29,32,35,38,41,44,47-64H2,1-5H3/b10-8-,16-14-,22-20-,25-24-,28-27-,31-30-,34-33-,37-36-,40-39-,43-42-,46-45-. The van der Waals surface area contributed by atoms with Crippen LogP contribution in [-0.2, 0) is 33.3 Å². The van der Waals surface area contributed by atoms with E-state index in [-0.39, 0.29) is 38.6 Å². The summed E-state index contributed by atoms with van der Waals surface area (Å²) >= 11 is 0. The van der Waals surface area contributed by atoms with Gasteiger partial charge in [-0.25, -0.2) is 0 Å². The number of unbranched alkanes of at least 4 members (excludes halogenated alkanes) is 18. The molecule has 0 heterocycles. The second kappa shape index (κ2) is 58.6. The van der Waals surface area contributed by atoms with Crippen molar-refractivity contribution in [2.75, 3.05) is 47.5 Å². The molecule has 0 aromatic heterocycles. The van der Waals surface area contributed by atoms with Crippen LogP contribution in [0, 0.1) is 0 Å². The first-order chi connectivity index (χ1) is 38.1. The molecule has 0 fully saturated rings. The average Bonchev–Trinajstić information content (AvgIpc) is 3.41. The van der Waals surface area contributed by atoms with Crippen molar-refractivity contribution in [3.8, 4) is 0 Å². The van der Waals surface area contributed by atoms with Crippen LogP contribution < -0.4 is 5.11 Å². The number of carbonyl (C=O) groups excluding carboxylic acids is 3. The number of carboxylic acid groups (broad SMARTS) is 1. The van der Waals surface area contributed by atoms with Gasteiger partial charge in [-0.15, -0.1) is 0 Å². The number of nitrogens with zero attached hydrogens (tertiary/aromatic N) is 1. The van der Waals surface area contributed by atoms with Gasteiger partial charge >= 0.3 is 11.9 Å². The Morgan fingerprint density at radius 1 is 0.397 bits per heavy atom. The normalized spacial score (nSPS) is 13.7. The predicted octanol–water partition coefficient (Wildman–Crippen LogP) is 17.3. The smallest absolute Gasteiger partial charge is 0.306 e. The lowest BCUT2D eigenvalue weighted by Gasteiger charge is -2.26.